The van der Waals surface area contributed by atoms with Crippen LogP contribution in [0, 0.1) is 0 Å². The molecule has 6 heteroatoms. The first kappa shape index (κ1) is 11.3. The van der Waals surface area contributed by atoms with E-state index in [1.807, 2.05) is 24.3 Å². The Bertz CT molecular complexity index is 482. The second-order valence-electron chi connectivity index (χ2n) is 3.77. The Kier molecular flexibility index (Phi) is 3.16. The van der Waals surface area contributed by atoms with Gasteiger partial charge >= 0.3 is 6.09 Å². The third kappa shape index (κ3) is 2.16. The van der Waals surface area contributed by atoms with Crippen LogP contribution < -0.4 is 4.90 Å². The van der Waals surface area contributed by atoms with Crippen molar-refractivity contribution in [1.29, 1.82) is 0 Å². The lowest BCUT2D eigenvalue weighted by Gasteiger charge is -2.31. The van der Waals surface area contributed by atoms with E-state index in [9.17, 15) is 4.79 Å². The van der Waals surface area contributed by atoms with Crippen molar-refractivity contribution in [3.8, 4) is 0 Å². The van der Waals surface area contributed by atoms with Gasteiger partial charge in [0, 0.05) is 11.5 Å². The molecule has 17 heavy (non-hydrogen) atoms. The first-order valence-electron chi connectivity index (χ1n) is 5.24. The van der Waals surface area contributed by atoms with Gasteiger partial charge in [0.05, 0.1) is 18.8 Å². The van der Waals surface area contributed by atoms with Gasteiger partial charge in [0.25, 0.3) is 0 Å². The summed E-state index contributed by atoms with van der Waals surface area (Å²) < 4.78 is 4.73. The van der Waals surface area contributed by atoms with Gasteiger partial charge in [0.2, 0.25) is 0 Å². The highest BCUT2D eigenvalue weighted by atomic mass is 16.5. The lowest BCUT2D eigenvalue weighted by Crippen LogP contribution is -2.41. The maximum Gasteiger partial charge on any atom is 0.414 e. The highest BCUT2D eigenvalue weighted by Gasteiger charge is 2.28. The molecule has 1 aromatic rings. The van der Waals surface area contributed by atoms with Crippen LogP contribution in [-0.2, 0) is 11.2 Å². The molecule has 1 atom stereocenters. The number of fused-ring (bicyclic) bond motifs is 1. The van der Waals surface area contributed by atoms with E-state index < -0.39 is 6.09 Å². The molecule has 1 heterocycles. The number of benzene rings is 1. The molecule has 0 saturated heterocycles. The predicted molar refractivity (Wildman–Crippen MR) is 62.8 cm³/mol. The van der Waals surface area contributed by atoms with Gasteiger partial charge in [-0.2, -0.15) is 0 Å². The minimum Gasteiger partial charge on any atom is -0.452 e. The molecule has 2 rings (SSSR count). The summed E-state index contributed by atoms with van der Waals surface area (Å²) >= 11 is 0. The molecular weight excluding hydrogens is 220 g/mol. The number of methoxy groups -OCH3 is 1. The number of ether oxygens (including phenoxy) is 1. The van der Waals surface area contributed by atoms with Gasteiger partial charge in [-0.15, -0.1) is 0 Å². The SMILES string of the molecule is COC(=O)N1C[C@H](N=[N+]=[N-])Cc2ccccc21. The number of para-hydroxylation sites is 1. The quantitative estimate of drug-likeness (QED) is 0.423. The average molecular weight is 232 g/mol. The number of carbonyl (C=O) groups is 1. The minimum absolute atomic E-state index is 0.242. The fourth-order valence-electron chi connectivity index (χ4n) is 2.01. The molecule has 0 radical (unpaired) electrons. The molecule has 1 aliphatic rings. The fraction of sp³-hybridized carbons (Fsp3) is 0.364. The molecule has 1 amide bonds. The topological polar surface area (TPSA) is 78.3 Å². The summed E-state index contributed by atoms with van der Waals surface area (Å²) in [6, 6.07) is 7.30. The summed E-state index contributed by atoms with van der Waals surface area (Å²) in [5, 5.41) is 3.68. The summed E-state index contributed by atoms with van der Waals surface area (Å²) in [7, 11) is 1.34. The summed E-state index contributed by atoms with van der Waals surface area (Å²) in [5.41, 5.74) is 10.3. The fourth-order valence-corrected chi connectivity index (χ4v) is 2.01. The Labute approximate surface area is 98.4 Å². The second kappa shape index (κ2) is 4.76. The molecule has 0 N–H and O–H groups in total. The molecule has 0 bridgehead atoms. The first-order chi connectivity index (χ1) is 8.26. The first-order valence-corrected chi connectivity index (χ1v) is 5.24. The van der Waals surface area contributed by atoms with Crippen molar-refractivity contribution >= 4 is 11.8 Å². The largest absolute Gasteiger partial charge is 0.452 e. The number of hydrogen-bond acceptors (Lipinski definition) is 3. The van der Waals surface area contributed by atoms with Crippen molar-refractivity contribution in [2.24, 2.45) is 5.11 Å². The van der Waals surface area contributed by atoms with Crippen LogP contribution in [0.5, 0.6) is 0 Å². The number of nitrogens with zero attached hydrogens (tertiary/aromatic N) is 4. The van der Waals surface area contributed by atoms with Crippen molar-refractivity contribution in [2.45, 2.75) is 12.5 Å². The lowest BCUT2D eigenvalue weighted by molar-refractivity contribution is 0.177. The summed E-state index contributed by atoms with van der Waals surface area (Å²) in [6.45, 7) is 0.355. The van der Waals surface area contributed by atoms with Crippen molar-refractivity contribution in [3.63, 3.8) is 0 Å². The summed E-state index contributed by atoms with van der Waals surface area (Å²) in [4.78, 5) is 15.9. The summed E-state index contributed by atoms with van der Waals surface area (Å²) in [5.74, 6) is 0. The Morgan fingerprint density at radius 1 is 1.59 bits per heavy atom. The third-order valence-corrected chi connectivity index (χ3v) is 2.74. The molecule has 0 fully saturated rings. The van der Waals surface area contributed by atoms with E-state index in [0.29, 0.717) is 13.0 Å². The van der Waals surface area contributed by atoms with E-state index in [2.05, 4.69) is 10.0 Å². The highest BCUT2D eigenvalue weighted by molar-refractivity contribution is 5.89. The zero-order valence-electron chi connectivity index (χ0n) is 9.41. The van der Waals surface area contributed by atoms with E-state index in [-0.39, 0.29) is 6.04 Å². The van der Waals surface area contributed by atoms with Crippen LogP contribution in [-0.4, -0.2) is 25.8 Å². The van der Waals surface area contributed by atoms with Crippen LogP contribution in [0.4, 0.5) is 10.5 Å². The van der Waals surface area contributed by atoms with E-state index in [0.717, 1.165) is 11.3 Å². The highest BCUT2D eigenvalue weighted by Crippen LogP contribution is 2.28. The van der Waals surface area contributed by atoms with Crippen molar-refractivity contribution in [3.05, 3.63) is 40.3 Å². The molecule has 0 saturated carbocycles. The smallest absolute Gasteiger partial charge is 0.414 e. The maximum atomic E-state index is 11.6. The van der Waals surface area contributed by atoms with Crippen LogP contribution in [0.3, 0.4) is 0 Å². The minimum atomic E-state index is -0.435. The third-order valence-electron chi connectivity index (χ3n) is 2.74. The van der Waals surface area contributed by atoms with Crippen LogP contribution in [0.15, 0.2) is 29.4 Å². The molecule has 6 nitrogen and oxygen atoms in total. The number of anilines is 1. The van der Waals surface area contributed by atoms with E-state index in [1.54, 1.807) is 0 Å². The van der Waals surface area contributed by atoms with E-state index in [4.69, 9.17) is 10.3 Å². The van der Waals surface area contributed by atoms with Gasteiger partial charge < -0.3 is 4.74 Å². The molecule has 1 aromatic carbocycles. The van der Waals surface area contributed by atoms with Crippen LogP contribution >= 0.6 is 0 Å². The number of azide groups is 1. The Balaban J connectivity index is 2.38. The normalized spacial score (nSPS) is 17.9. The molecule has 0 unspecified atom stereocenters. The monoisotopic (exact) mass is 232 g/mol. The Morgan fingerprint density at radius 3 is 3.06 bits per heavy atom. The average Bonchev–Trinajstić information content (AvgIpc) is 2.37. The standard InChI is InChI=1S/C11H12N4O2/c1-17-11(16)15-7-9(13-14-12)6-8-4-2-3-5-10(8)15/h2-5,9H,6-7H2,1H3/t9-/m1/s1. The van der Waals surface area contributed by atoms with Crippen molar-refractivity contribution in [2.75, 3.05) is 18.6 Å². The van der Waals surface area contributed by atoms with Crippen LogP contribution in [0.2, 0.25) is 0 Å². The molecule has 0 aromatic heterocycles. The Hall–Kier alpha value is -2.20. The summed E-state index contributed by atoms with van der Waals surface area (Å²) in [6.07, 6.45) is 0.212. The molecule has 0 aliphatic carbocycles. The zero-order valence-corrected chi connectivity index (χ0v) is 9.41. The van der Waals surface area contributed by atoms with Gasteiger partial charge in [0.1, 0.15) is 0 Å². The molecular formula is C11H12N4O2. The van der Waals surface area contributed by atoms with Gasteiger partial charge in [0.15, 0.2) is 0 Å². The van der Waals surface area contributed by atoms with Gasteiger partial charge in [-0.3, -0.25) is 4.90 Å². The second-order valence-corrected chi connectivity index (χ2v) is 3.77. The van der Waals surface area contributed by atoms with Crippen molar-refractivity contribution < 1.29 is 9.53 Å². The van der Waals surface area contributed by atoms with Crippen LogP contribution in [0.25, 0.3) is 10.4 Å². The maximum absolute atomic E-state index is 11.6. The van der Waals surface area contributed by atoms with Gasteiger partial charge in [-0.25, -0.2) is 4.79 Å². The molecule has 1 aliphatic heterocycles. The van der Waals surface area contributed by atoms with E-state index in [1.165, 1.54) is 12.0 Å². The van der Waals surface area contributed by atoms with Crippen LogP contribution in [0.1, 0.15) is 5.56 Å². The lowest BCUT2D eigenvalue weighted by atomic mass is 9.99. The van der Waals surface area contributed by atoms with Gasteiger partial charge in [-0.1, -0.05) is 23.3 Å². The number of hydrogen-bond donors (Lipinski definition) is 0. The Morgan fingerprint density at radius 2 is 2.35 bits per heavy atom. The van der Waals surface area contributed by atoms with E-state index >= 15 is 0 Å². The molecule has 0 spiro atoms. The predicted octanol–water partition coefficient (Wildman–Crippen LogP) is 2.49. The number of amides is 1. The number of carbonyl (C=O) groups excluding carboxylic acids is 1. The molecule has 88 valence electrons. The number of rotatable bonds is 1. The zero-order chi connectivity index (χ0) is 12.3. The van der Waals surface area contributed by atoms with Crippen molar-refractivity contribution in [1.82, 2.24) is 0 Å². The van der Waals surface area contributed by atoms with Gasteiger partial charge in [-0.05, 0) is 23.6 Å².